The van der Waals surface area contributed by atoms with E-state index in [-0.39, 0.29) is 31.1 Å². The van der Waals surface area contributed by atoms with E-state index in [1.165, 1.54) is 0 Å². The summed E-state index contributed by atoms with van der Waals surface area (Å²) in [6, 6.07) is 6.89. The number of nitrogens with one attached hydrogen (secondary N) is 1. The van der Waals surface area contributed by atoms with Gasteiger partial charge in [-0.25, -0.2) is 9.59 Å². The van der Waals surface area contributed by atoms with Crippen LogP contribution in [0.1, 0.15) is 44.4 Å². The number of nitrogens with zero attached hydrogens (tertiary/aromatic N) is 3. The second-order valence-electron chi connectivity index (χ2n) is 8.74. The van der Waals surface area contributed by atoms with Gasteiger partial charge in [-0.15, -0.1) is 6.58 Å². The van der Waals surface area contributed by atoms with Crippen LogP contribution >= 0.6 is 0 Å². The Morgan fingerprint density at radius 3 is 2.59 bits per heavy atom. The van der Waals surface area contributed by atoms with Crippen LogP contribution < -0.4 is 5.32 Å². The topological polar surface area (TPSA) is 82.2 Å². The van der Waals surface area contributed by atoms with Crippen molar-refractivity contribution in [2.24, 2.45) is 0 Å². The van der Waals surface area contributed by atoms with Crippen LogP contribution in [0.5, 0.6) is 0 Å². The summed E-state index contributed by atoms with van der Waals surface area (Å²) in [4.78, 5) is 44.4. The zero-order chi connectivity index (χ0) is 24.8. The van der Waals surface area contributed by atoms with Gasteiger partial charge < -0.3 is 15.0 Å². The van der Waals surface area contributed by atoms with Gasteiger partial charge in [0, 0.05) is 50.9 Å². The fraction of sp³-hybridized carbons (Fsp3) is 0.500. The van der Waals surface area contributed by atoms with Gasteiger partial charge in [0.2, 0.25) is 5.91 Å². The number of aryl methyl sites for hydroxylation is 1. The first kappa shape index (κ1) is 25.5. The Labute approximate surface area is 202 Å². The first-order valence-corrected chi connectivity index (χ1v) is 12.0. The Kier molecular flexibility index (Phi) is 8.50. The number of benzene rings is 1. The zero-order valence-electron chi connectivity index (χ0n) is 20.7. The Bertz CT molecular complexity index is 973. The number of rotatable bonds is 8. The van der Waals surface area contributed by atoms with Crippen LogP contribution in [-0.2, 0) is 14.3 Å². The van der Waals surface area contributed by atoms with Crippen LogP contribution in [0.2, 0.25) is 0 Å². The second kappa shape index (κ2) is 11.3. The third kappa shape index (κ3) is 5.33. The highest BCUT2D eigenvalue weighted by atomic mass is 16.5. The summed E-state index contributed by atoms with van der Waals surface area (Å²) in [6.45, 7) is 14.3. The van der Waals surface area contributed by atoms with Gasteiger partial charge in [0.05, 0.1) is 18.2 Å². The van der Waals surface area contributed by atoms with Crippen molar-refractivity contribution in [1.29, 1.82) is 0 Å². The molecule has 8 heteroatoms. The lowest BCUT2D eigenvalue weighted by Gasteiger charge is -2.43. The van der Waals surface area contributed by atoms with Gasteiger partial charge in [0.25, 0.3) is 0 Å². The molecule has 34 heavy (non-hydrogen) atoms. The SMILES string of the molecule is C=CCN1C(=O)N[C@@H](c2ccccc2C)C(C(=O)OCC)=C1CN1CCN(C(=O)CC)[C@@H](C)C1. The van der Waals surface area contributed by atoms with E-state index in [1.54, 1.807) is 17.9 Å². The predicted molar refractivity (Wildman–Crippen MR) is 131 cm³/mol. The van der Waals surface area contributed by atoms with Crippen LogP contribution in [-0.4, -0.2) is 78.0 Å². The van der Waals surface area contributed by atoms with Gasteiger partial charge in [-0.05, 0) is 31.9 Å². The van der Waals surface area contributed by atoms with Crippen molar-refractivity contribution < 1.29 is 19.1 Å². The third-order valence-corrected chi connectivity index (χ3v) is 6.45. The van der Waals surface area contributed by atoms with Crippen LogP contribution in [0.15, 0.2) is 48.2 Å². The van der Waals surface area contributed by atoms with Crippen LogP contribution in [0.25, 0.3) is 0 Å². The van der Waals surface area contributed by atoms with E-state index in [0.717, 1.165) is 11.1 Å². The fourth-order valence-corrected chi connectivity index (χ4v) is 4.75. The maximum atomic E-state index is 13.3. The molecule has 1 saturated heterocycles. The Balaban J connectivity index is 2.04. The van der Waals surface area contributed by atoms with Gasteiger partial charge in [-0.2, -0.15) is 0 Å². The molecule has 2 atom stereocenters. The number of hydrogen-bond acceptors (Lipinski definition) is 5. The highest BCUT2D eigenvalue weighted by molar-refractivity contribution is 5.95. The molecular formula is C26H36N4O4. The fourth-order valence-electron chi connectivity index (χ4n) is 4.75. The summed E-state index contributed by atoms with van der Waals surface area (Å²) in [5.41, 5.74) is 2.91. The average Bonchev–Trinajstić information content (AvgIpc) is 2.81. The van der Waals surface area contributed by atoms with E-state index in [2.05, 4.69) is 16.8 Å². The second-order valence-corrected chi connectivity index (χ2v) is 8.74. The number of carbonyl (C=O) groups excluding carboxylic acids is 3. The number of piperazine rings is 1. The van der Waals surface area contributed by atoms with Crippen molar-refractivity contribution >= 4 is 17.9 Å². The molecule has 0 aromatic heterocycles. The van der Waals surface area contributed by atoms with Crippen LogP contribution in [0.4, 0.5) is 4.79 Å². The maximum absolute atomic E-state index is 13.3. The minimum atomic E-state index is -0.607. The lowest BCUT2D eigenvalue weighted by molar-refractivity contribution is -0.139. The molecule has 3 rings (SSSR count). The highest BCUT2D eigenvalue weighted by Crippen LogP contribution is 2.33. The number of hydrogen-bond donors (Lipinski definition) is 1. The quantitative estimate of drug-likeness (QED) is 0.469. The number of carbonyl (C=O) groups is 3. The molecule has 184 valence electrons. The number of urea groups is 1. The molecular weight excluding hydrogens is 432 g/mol. The minimum absolute atomic E-state index is 0.0466. The molecule has 2 aliphatic heterocycles. The van der Waals surface area contributed by atoms with E-state index < -0.39 is 12.0 Å². The maximum Gasteiger partial charge on any atom is 0.338 e. The van der Waals surface area contributed by atoms with E-state index >= 15 is 0 Å². The summed E-state index contributed by atoms with van der Waals surface area (Å²) in [6.07, 6.45) is 2.13. The molecule has 1 aromatic carbocycles. The molecule has 0 spiro atoms. The molecule has 0 radical (unpaired) electrons. The summed E-state index contributed by atoms with van der Waals surface area (Å²) in [7, 11) is 0. The summed E-state index contributed by atoms with van der Waals surface area (Å²) in [5.74, 6) is -0.295. The third-order valence-electron chi connectivity index (χ3n) is 6.45. The smallest absolute Gasteiger partial charge is 0.338 e. The van der Waals surface area contributed by atoms with Gasteiger partial charge in [0.1, 0.15) is 0 Å². The molecule has 8 nitrogen and oxygen atoms in total. The van der Waals surface area contributed by atoms with Crippen LogP contribution in [0, 0.1) is 6.92 Å². The summed E-state index contributed by atoms with van der Waals surface area (Å²) < 4.78 is 5.47. The van der Waals surface area contributed by atoms with Crippen LogP contribution in [0.3, 0.4) is 0 Å². The van der Waals surface area contributed by atoms with Gasteiger partial charge in [0.15, 0.2) is 0 Å². The van der Waals surface area contributed by atoms with E-state index in [4.69, 9.17) is 4.74 Å². The number of esters is 1. The van der Waals surface area contributed by atoms with Gasteiger partial charge in [-0.3, -0.25) is 14.6 Å². The van der Waals surface area contributed by atoms with Crippen molar-refractivity contribution in [2.45, 2.75) is 46.2 Å². The molecule has 3 amide bonds. The summed E-state index contributed by atoms with van der Waals surface area (Å²) in [5, 5.41) is 3.01. The highest BCUT2D eigenvalue weighted by Gasteiger charge is 2.39. The predicted octanol–water partition coefficient (Wildman–Crippen LogP) is 3.01. The van der Waals surface area contributed by atoms with E-state index in [9.17, 15) is 14.4 Å². The molecule has 0 saturated carbocycles. The molecule has 2 aliphatic rings. The molecule has 1 N–H and O–H groups in total. The van der Waals surface area contributed by atoms with E-state index in [1.807, 2.05) is 49.9 Å². The standard InChI is InChI=1S/C26H36N4O4/c1-6-13-30-21(17-28-14-15-29(19(5)16-28)22(31)7-2)23(25(32)34-8-3)24(27-26(30)33)20-12-10-9-11-18(20)4/h6,9-12,19,24H,1,7-8,13-17H2,2-5H3,(H,27,33)/t19-,24-/m0/s1. The molecule has 1 aromatic rings. The van der Waals surface area contributed by atoms with Gasteiger partial charge >= 0.3 is 12.0 Å². The Hall–Kier alpha value is -3.13. The largest absolute Gasteiger partial charge is 0.463 e. The Morgan fingerprint density at radius 1 is 1.24 bits per heavy atom. The monoisotopic (exact) mass is 468 g/mol. The van der Waals surface area contributed by atoms with Crippen molar-refractivity contribution in [3.63, 3.8) is 0 Å². The first-order valence-electron chi connectivity index (χ1n) is 12.0. The first-order chi connectivity index (χ1) is 16.3. The zero-order valence-corrected chi connectivity index (χ0v) is 20.7. The molecule has 1 fully saturated rings. The van der Waals surface area contributed by atoms with Gasteiger partial charge in [-0.1, -0.05) is 37.3 Å². The lowest BCUT2D eigenvalue weighted by atomic mass is 9.91. The van der Waals surface area contributed by atoms with Crippen molar-refractivity contribution in [3.05, 3.63) is 59.3 Å². The van der Waals surface area contributed by atoms with E-state index in [0.29, 0.717) is 43.9 Å². The van der Waals surface area contributed by atoms with Crippen molar-refractivity contribution in [2.75, 3.05) is 39.3 Å². The molecule has 0 aliphatic carbocycles. The number of ether oxygens (including phenoxy) is 1. The molecule has 0 unspecified atom stereocenters. The molecule has 2 heterocycles. The summed E-state index contributed by atoms with van der Waals surface area (Å²) >= 11 is 0. The van der Waals surface area contributed by atoms with Crippen molar-refractivity contribution in [1.82, 2.24) is 20.0 Å². The number of amides is 3. The Morgan fingerprint density at radius 2 is 1.97 bits per heavy atom. The average molecular weight is 469 g/mol. The minimum Gasteiger partial charge on any atom is -0.463 e. The lowest BCUT2D eigenvalue weighted by Crippen LogP contribution is -2.56. The molecule has 0 bridgehead atoms. The van der Waals surface area contributed by atoms with Crippen molar-refractivity contribution in [3.8, 4) is 0 Å². The normalized spacial score (nSPS) is 21.4.